The highest BCUT2D eigenvalue weighted by atomic mass is 32.2. The summed E-state index contributed by atoms with van der Waals surface area (Å²) in [5, 5.41) is 18.4. The number of hydrogen-bond acceptors (Lipinski definition) is 8. The van der Waals surface area contributed by atoms with Gasteiger partial charge in [0.25, 0.3) is 0 Å². The molecule has 0 aliphatic carbocycles. The molecular formula is C20H19N7O3S. The Morgan fingerprint density at radius 2 is 2.00 bits per heavy atom. The molecule has 5 heterocycles. The number of H-pyrrole nitrogens is 1. The quantitative estimate of drug-likeness (QED) is 0.495. The highest BCUT2D eigenvalue weighted by molar-refractivity contribution is 7.92. The van der Waals surface area contributed by atoms with Crippen molar-refractivity contribution < 1.29 is 13.5 Å². The van der Waals surface area contributed by atoms with E-state index in [1.54, 1.807) is 24.5 Å². The van der Waals surface area contributed by atoms with Gasteiger partial charge in [0.05, 0.1) is 5.75 Å². The van der Waals surface area contributed by atoms with Crippen LogP contribution in [0.5, 0.6) is 5.75 Å². The summed E-state index contributed by atoms with van der Waals surface area (Å²) >= 11 is 0. The van der Waals surface area contributed by atoms with Crippen molar-refractivity contribution in [1.82, 2.24) is 30.1 Å². The lowest BCUT2D eigenvalue weighted by molar-refractivity contribution is 0.479. The van der Waals surface area contributed by atoms with Crippen molar-refractivity contribution in [3.8, 4) is 17.3 Å². The van der Waals surface area contributed by atoms with E-state index >= 15 is 0 Å². The molecule has 5 rings (SSSR count). The van der Waals surface area contributed by atoms with E-state index in [1.807, 2.05) is 12.1 Å². The summed E-state index contributed by atoms with van der Waals surface area (Å²) in [7, 11) is -3.51. The molecule has 2 N–H and O–H groups in total. The third-order valence-electron chi connectivity index (χ3n) is 5.14. The monoisotopic (exact) mass is 437 g/mol. The zero-order valence-electron chi connectivity index (χ0n) is 16.4. The van der Waals surface area contributed by atoms with Gasteiger partial charge in [0.15, 0.2) is 17.3 Å². The van der Waals surface area contributed by atoms with Crippen molar-refractivity contribution in [2.45, 2.75) is 19.3 Å². The first-order valence-electron chi connectivity index (χ1n) is 9.81. The summed E-state index contributed by atoms with van der Waals surface area (Å²) in [5.41, 5.74) is 1.28. The van der Waals surface area contributed by atoms with Gasteiger partial charge in [-0.2, -0.15) is 5.10 Å². The minimum absolute atomic E-state index is 0.0581. The number of nitrogens with zero attached hydrogens (tertiary/aromatic N) is 6. The Kier molecular flexibility index (Phi) is 4.74. The van der Waals surface area contributed by atoms with E-state index in [0.29, 0.717) is 30.6 Å². The fraction of sp³-hybridized carbons (Fsp3) is 0.250. The van der Waals surface area contributed by atoms with Gasteiger partial charge in [0.2, 0.25) is 15.8 Å². The molecular weight excluding hydrogens is 418 g/mol. The number of rotatable bonds is 4. The van der Waals surface area contributed by atoms with Crippen molar-refractivity contribution in [3.05, 3.63) is 54.2 Å². The van der Waals surface area contributed by atoms with Crippen LogP contribution in [0.1, 0.15) is 24.2 Å². The maximum atomic E-state index is 12.7. The molecule has 0 amide bonds. The fourth-order valence-corrected chi connectivity index (χ4v) is 5.25. The van der Waals surface area contributed by atoms with Crippen LogP contribution in [0, 0.1) is 0 Å². The van der Waals surface area contributed by atoms with Gasteiger partial charge < -0.3 is 5.11 Å². The second kappa shape index (κ2) is 7.58. The molecule has 1 aliphatic rings. The second-order valence-corrected chi connectivity index (χ2v) is 9.28. The molecule has 1 fully saturated rings. The van der Waals surface area contributed by atoms with Crippen LogP contribution in [0.2, 0.25) is 0 Å². The molecule has 0 bridgehead atoms. The number of pyridine rings is 3. The summed E-state index contributed by atoms with van der Waals surface area (Å²) in [5.74, 6) is 0.828. The third-order valence-corrected chi connectivity index (χ3v) is 6.97. The van der Waals surface area contributed by atoms with Crippen molar-refractivity contribution in [1.29, 1.82) is 0 Å². The van der Waals surface area contributed by atoms with Crippen LogP contribution < -0.4 is 4.31 Å². The number of sulfonamides is 1. The van der Waals surface area contributed by atoms with Gasteiger partial charge in [0.1, 0.15) is 11.3 Å². The number of nitrogens with one attached hydrogen (secondary N) is 1. The van der Waals surface area contributed by atoms with Crippen LogP contribution in [0.15, 0.2) is 42.9 Å². The standard InChI is InChI=1S/C20H19N7O3S/c28-18-16-14(6-4-8-22-16)20(27-9-1-2-10-31(27,29)30)24-17(18)19-23-15(25-26-19)11-13-5-3-7-21-12-13/h3-8,12,28H,1-2,9-11H2,(H,23,25,26). The molecule has 1 saturated heterocycles. The lowest BCUT2D eigenvalue weighted by Crippen LogP contribution is -2.38. The van der Waals surface area contributed by atoms with E-state index in [2.05, 4.69) is 30.1 Å². The Labute approximate surface area is 178 Å². The molecule has 0 aromatic carbocycles. The number of anilines is 1. The first-order valence-corrected chi connectivity index (χ1v) is 11.4. The van der Waals surface area contributed by atoms with Gasteiger partial charge in [0, 0.05) is 36.9 Å². The molecule has 0 unspecified atom stereocenters. The first-order chi connectivity index (χ1) is 15.0. The van der Waals surface area contributed by atoms with Crippen LogP contribution in [-0.2, 0) is 16.4 Å². The molecule has 31 heavy (non-hydrogen) atoms. The Bertz CT molecular complexity index is 1360. The maximum Gasteiger partial charge on any atom is 0.236 e. The van der Waals surface area contributed by atoms with E-state index in [-0.39, 0.29) is 34.4 Å². The van der Waals surface area contributed by atoms with Crippen molar-refractivity contribution in [2.24, 2.45) is 0 Å². The summed E-state index contributed by atoms with van der Waals surface area (Å²) in [6.45, 7) is 0.323. The topological polar surface area (TPSA) is 138 Å². The Morgan fingerprint density at radius 3 is 2.81 bits per heavy atom. The van der Waals surface area contributed by atoms with Crippen LogP contribution in [0.3, 0.4) is 0 Å². The van der Waals surface area contributed by atoms with Crippen molar-refractivity contribution in [3.63, 3.8) is 0 Å². The van der Waals surface area contributed by atoms with Crippen LogP contribution >= 0.6 is 0 Å². The Morgan fingerprint density at radius 1 is 1.13 bits per heavy atom. The predicted octanol–water partition coefficient (Wildman–Crippen LogP) is 2.04. The molecule has 4 aromatic rings. The largest absolute Gasteiger partial charge is 0.504 e. The first kappa shape index (κ1) is 19.4. The van der Waals surface area contributed by atoms with Crippen LogP contribution in [-0.4, -0.2) is 56.0 Å². The molecule has 0 spiro atoms. The Balaban J connectivity index is 1.62. The summed E-state index contributed by atoms with van der Waals surface area (Å²) in [6, 6.07) is 7.14. The minimum Gasteiger partial charge on any atom is -0.504 e. The number of fused-ring (bicyclic) bond motifs is 1. The van der Waals surface area contributed by atoms with Gasteiger partial charge in [-0.05, 0) is 36.6 Å². The SMILES string of the molecule is O=S1(=O)CCCCN1c1nc(-c2n[nH]c(Cc3cccnc3)n2)c(O)c2ncccc12. The van der Waals surface area contributed by atoms with Gasteiger partial charge in [-0.3, -0.25) is 19.4 Å². The summed E-state index contributed by atoms with van der Waals surface area (Å²) in [4.78, 5) is 17.3. The number of aromatic amines is 1. The lowest BCUT2D eigenvalue weighted by atomic mass is 10.2. The zero-order chi connectivity index (χ0) is 21.4. The predicted molar refractivity (Wildman–Crippen MR) is 114 cm³/mol. The van der Waals surface area contributed by atoms with Gasteiger partial charge in [-0.25, -0.2) is 18.4 Å². The molecule has 0 saturated carbocycles. The van der Waals surface area contributed by atoms with E-state index in [1.165, 1.54) is 10.5 Å². The molecule has 0 atom stereocenters. The number of aromatic nitrogens is 6. The van der Waals surface area contributed by atoms with Crippen molar-refractivity contribution >= 4 is 26.7 Å². The highest BCUT2D eigenvalue weighted by Gasteiger charge is 2.31. The molecule has 4 aromatic heterocycles. The summed E-state index contributed by atoms with van der Waals surface area (Å²) < 4.78 is 26.7. The fourth-order valence-electron chi connectivity index (χ4n) is 3.65. The normalized spacial score (nSPS) is 15.9. The molecule has 0 radical (unpaired) electrons. The van der Waals surface area contributed by atoms with E-state index in [9.17, 15) is 13.5 Å². The second-order valence-electron chi connectivity index (χ2n) is 7.27. The van der Waals surface area contributed by atoms with Gasteiger partial charge in [-0.15, -0.1) is 0 Å². The molecule has 10 nitrogen and oxygen atoms in total. The Hall–Kier alpha value is -3.60. The zero-order valence-corrected chi connectivity index (χ0v) is 17.2. The van der Waals surface area contributed by atoms with Crippen LogP contribution in [0.25, 0.3) is 22.4 Å². The number of aromatic hydroxyl groups is 1. The van der Waals surface area contributed by atoms with E-state index in [4.69, 9.17) is 0 Å². The molecule has 158 valence electrons. The number of hydrogen-bond donors (Lipinski definition) is 2. The minimum atomic E-state index is -3.51. The van der Waals surface area contributed by atoms with E-state index in [0.717, 1.165) is 12.0 Å². The van der Waals surface area contributed by atoms with E-state index < -0.39 is 10.0 Å². The smallest absolute Gasteiger partial charge is 0.236 e. The molecule has 11 heteroatoms. The molecule has 1 aliphatic heterocycles. The maximum absolute atomic E-state index is 12.7. The van der Waals surface area contributed by atoms with Crippen LogP contribution in [0.4, 0.5) is 5.82 Å². The average Bonchev–Trinajstić information content (AvgIpc) is 3.23. The van der Waals surface area contributed by atoms with Gasteiger partial charge in [-0.1, -0.05) is 6.07 Å². The third kappa shape index (κ3) is 3.56. The average molecular weight is 437 g/mol. The van der Waals surface area contributed by atoms with Crippen molar-refractivity contribution in [2.75, 3.05) is 16.6 Å². The lowest BCUT2D eigenvalue weighted by Gasteiger charge is -2.28. The summed E-state index contributed by atoms with van der Waals surface area (Å²) in [6.07, 6.45) is 6.77. The van der Waals surface area contributed by atoms with Gasteiger partial charge >= 0.3 is 0 Å². The highest BCUT2D eigenvalue weighted by Crippen LogP contribution is 2.38.